The average molecular weight is 1370 g/mol. The molecule has 26 nitrogen and oxygen atoms in total. The standard InChI is InChI=1S/C64H76N12O14S4/c1-61(2,3)47-31-37(32-48(53(47)77)62(4,5)6)27-29-65-55-71-57(67-41-19-23-45(24-20-41)91(79,80)81)75-59(73-55)69-43-17-15-39(51(35-43)93(85,86)87)13-14-40-16-18-44(36-52(40)94(88,89)90)70-60-74-56(72-58(76-60)68-42-21-25-46(26-22-42)92(82,83)84)66-30-28-38-33-49(63(7,8)9)54(78)50(34-38)64(10,11)12/h13-26,31-36,77-78H,27-30H2,1-12H3,(H,79,80,81)(H,82,83,84)(H,85,86,87)(H,88,89,90)(H3,65,67,69,71,73,75)(H3,66,68,70,72,74,76)/b14-13+. The van der Waals surface area contributed by atoms with Gasteiger partial charge in [0.1, 0.15) is 21.3 Å². The Bertz CT molecular complexity index is 4650. The molecule has 0 radical (unpaired) electrons. The van der Waals surface area contributed by atoms with Crippen LogP contribution in [0.4, 0.5) is 34.6 Å². The molecule has 0 aliphatic carbocycles. The zero-order valence-corrected chi connectivity index (χ0v) is 56.9. The van der Waals surface area contributed by atoms with Crippen molar-refractivity contribution in [2.24, 2.45) is 20.0 Å². The van der Waals surface area contributed by atoms with E-state index in [1.54, 1.807) is 0 Å². The first-order chi connectivity index (χ1) is 43.4. The predicted molar refractivity (Wildman–Crippen MR) is 356 cm³/mol. The van der Waals surface area contributed by atoms with E-state index < -0.39 is 50.3 Å². The number of nitrogens with zero attached hydrogens (tertiary/aromatic N) is 6. The van der Waals surface area contributed by atoms with E-state index in [-0.39, 0.29) is 113 Å². The van der Waals surface area contributed by atoms with Gasteiger partial charge in [0.05, 0.1) is 21.2 Å². The van der Waals surface area contributed by atoms with Crippen LogP contribution in [0.1, 0.15) is 128 Å². The van der Waals surface area contributed by atoms with Crippen LogP contribution in [0.3, 0.4) is 0 Å². The van der Waals surface area contributed by atoms with E-state index in [1.807, 2.05) is 107 Å². The Kier molecular flexibility index (Phi) is 20.3. The lowest BCUT2D eigenvalue weighted by molar-refractivity contribution is 0.422. The van der Waals surface area contributed by atoms with Crippen LogP contribution < -0.4 is 33.1 Å². The number of phenols is 2. The monoisotopic (exact) mass is 1360 g/mol. The van der Waals surface area contributed by atoms with Crippen molar-refractivity contribution in [1.82, 2.24) is 29.9 Å². The molecule has 30 heteroatoms. The smallest absolute Gasteiger partial charge is 0.295 e. The first-order valence-corrected chi connectivity index (χ1v) is 35.0. The van der Waals surface area contributed by atoms with Crippen molar-refractivity contribution in [3.8, 4) is 11.5 Å². The molecule has 12 N–H and O–H groups in total. The quantitative estimate of drug-likeness (QED) is 0.0281. The summed E-state index contributed by atoms with van der Waals surface area (Å²) in [6, 6.07) is 25.4. The minimum absolute atomic E-state index is 0.0273. The Hall–Kier alpha value is -8.88. The van der Waals surface area contributed by atoms with E-state index in [9.17, 15) is 62.1 Å². The van der Waals surface area contributed by atoms with Crippen LogP contribution >= 0.6 is 0 Å². The van der Waals surface area contributed by atoms with E-state index in [0.29, 0.717) is 24.2 Å². The summed E-state index contributed by atoms with van der Waals surface area (Å²) in [7, 11) is -19.1. The molecule has 0 fully saturated rings. The van der Waals surface area contributed by atoms with Crippen molar-refractivity contribution in [2.45, 2.75) is 137 Å². The third-order valence-corrected chi connectivity index (χ3v) is 18.1. The SMILES string of the molecule is CC(C)(C)c1cc(CCN=c2nc(Nc3ccc(S(=O)(=O)O)cc3)[nH]c(=Nc3ccc(/C=C/c4ccc(N=c5[nH]c(Nc6ccc(S(=O)(=O)O)cc6)nc(=NCCc6cc(C(C)(C)C)c(O)c(C(C)(C)C)c6)[nH]5)cc4S(=O)(=O)O)c(S(=O)(=O)O)c3)[nH]2)cc(C(C)(C)C)c1O. The summed E-state index contributed by atoms with van der Waals surface area (Å²) in [6.07, 6.45) is 3.22. The molecule has 6 aromatic carbocycles. The Morgan fingerprint density at radius 2 is 0.734 bits per heavy atom. The third kappa shape index (κ3) is 18.5. The van der Waals surface area contributed by atoms with Crippen molar-refractivity contribution in [3.05, 3.63) is 176 Å². The van der Waals surface area contributed by atoms with E-state index in [2.05, 4.69) is 60.5 Å². The molecule has 0 bridgehead atoms. The largest absolute Gasteiger partial charge is 0.507 e. The number of anilines is 4. The molecule has 0 atom stereocenters. The molecule has 94 heavy (non-hydrogen) atoms. The maximum Gasteiger partial charge on any atom is 0.295 e. The van der Waals surface area contributed by atoms with Gasteiger partial charge in [-0.25, -0.2) is 9.98 Å². The summed E-state index contributed by atoms with van der Waals surface area (Å²) >= 11 is 0. The highest BCUT2D eigenvalue weighted by Crippen LogP contribution is 2.42. The number of benzene rings is 6. The molecule has 0 saturated heterocycles. The van der Waals surface area contributed by atoms with Gasteiger partial charge in [-0.15, -0.1) is 0 Å². The molecule has 0 amide bonds. The third-order valence-electron chi connectivity index (χ3n) is 14.6. The van der Waals surface area contributed by atoms with Crippen molar-refractivity contribution in [3.63, 3.8) is 0 Å². The van der Waals surface area contributed by atoms with Gasteiger partial charge in [0.25, 0.3) is 40.5 Å². The zero-order valence-electron chi connectivity index (χ0n) is 53.6. The van der Waals surface area contributed by atoms with E-state index in [1.165, 1.54) is 84.9 Å². The molecule has 8 rings (SSSR count). The van der Waals surface area contributed by atoms with Gasteiger partial charge in [0.2, 0.25) is 34.4 Å². The van der Waals surface area contributed by atoms with Crippen LogP contribution in [0.5, 0.6) is 11.5 Å². The minimum atomic E-state index is -5.04. The second-order valence-electron chi connectivity index (χ2n) is 26.3. The minimum Gasteiger partial charge on any atom is -0.507 e. The van der Waals surface area contributed by atoms with Crippen molar-refractivity contribution >= 4 is 87.3 Å². The number of nitrogens with one attached hydrogen (secondary N) is 6. The maximum absolute atomic E-state index is 13.1. The predicted octanol–water partition coefficient (Wildman–Crippen LogP) is 9.79. The topological polar surface area (TPSA) is 420 Å². The highest BCUT2D eigenvalue weighted by atomic mass is 32.2. The van der Waals surface area contributed by atoms with Crippen molar-refractivity contribution < 1.29 is 62.1 Å². The van der Waals surface area contributed by atoms with Crippen LogP contribution in [-0.4, -0.2) is 105 Å². The fraction of sp³-hybridized carbons (Fsp3) is 0.312. The molecule has 0 saturated carbocycles. The lowest BCUT2D eigenvalue weighted by Gasteiger charge is -2.28. The fourth-order valence-electron chi connectivity index (χ4n) is 9.79. The van der Waals surface area contributed by atoms with Crippen LogP contribution in [0.2, 0.25) is 0 Å². The second-order valence-corrected chi connectivity index (χ2v) is 31.9. The average Bonchev–Trinajstić information content (AvgIpc) is 0.818. The zero-order chi connectivity index (χ0) is 69.3. The molecule has 2 aromatic heterocycles. The molecule has 0 spiro atoms. The molecular formula is C64H76N12O14S4. The highest BCUT2D eigenvalue weighted by molar-refractivity contribution is 7.86. The summed E-state index contributed by atoms with van der Waals surface area (Å²) in [4.78, 5) is 37.3. The van der Waals surface area contributed by atoms with Gasteiger partial charge < -0.3 is 20.8 Å². The lowest BCUT2D eigenvalue weighted by atomic mass is 9.78. The summed E-state index contributed by atoms with van der Waals surface area (Å²) in [5, 5.41) is 28.6. The Morgan fingerprint density at radius 1 is 0.426 bits per heavy atom. The number of aromatic hydroxyl groups is 2. The van der Waals surface area contributed by atoms with Gasteiger partial charge in [-0.1, -0.05) is 132 Å². The Labute approximate surface area is 544 Å². The number of rotatable bonds is 18. The molecule has 0 aliphatic heterocycles. The first kappa shape index (κ1) is 71.0. The maximum atomic E-state index is 13.1. The normalized spacial score (nSPS) is 13.9. The van der Waals surface area contributed by atoms with E-state index in [4.69, 9.17) is 0 Å². The number of aromatic amines is 4. The molecule has 0 unspecified atom stereocenters. The molecule has 8 aromatic rings. The van der Waals surface area contributed by atoms with Crippen molar-refractivity contribution in [1.29, 1.82) is 0 Å². The van der Waals surface area contributed by atoms with Crippen LogP contribution in [0, 0.1) is 0 Å². The number of hydrogen-bond acceptors (Lipinski definition) is 18. The lowest BCUT2D eigenvalue weighted by Crippen LogP contribution is -2.28. The first-order valence-electron chi connectivity index (χ1n) is 29.2. The molecular weight excluding hydrogens is 1290 g/mol. The van der Waals surface area contributed by atoms with Gasteiger partial charge in [-0.2, -0.15) is 43.6 Å². The van der Waals surface area contributed by atoms with E-state index in [0.717, 1.165) is 45.5 Å². The number of hydrogen-bond donors (Lipinski definition) is 12. The molecule has 500 valence electrons. The van der Waals surface area contributed by atoms with Gasteiger partial charge in [0, 0.05) is 24.5 Å². The summed E-state index contributed by atoms with van der Waals surface area (Å²) in [6.45, 7) is 24.4. The van der Waals surface area contributed by atoms with Gasteiger partial charge >= 0.3 is 0 Å². The van der Waals surface area contributed by atoms with Gasteiger partial charge in [0.15, 0.2) is 0 Å². The number of H-pyrrole nitrogens is 4. The van der Waals surface area contributed by atoms with Crippen molar-refractivity contribution in [2.75, 3.05) is 23.7 Å². The van der Waals surface area contributed by atoms with Crippen LogP contribution in [-0.2, 0) is 75.0 Å². The van der Waals surface area contributed by atoms with Crippen LogP contribution in [0.25, 0.3) is 12.2 Å². The van der Waals surface area contributed by atoms with Gasteiger partial charge in [-0.05, 0) is 152 Å². The second kappa shape index (κ2) is 26.9. The Balaban J connectivity index is 1.15. The molecule has 2 heterocycles. The summed E-state index contributed by atoms with van der Waals surface area (Å²) in [5.74, 6) is 0.501. The number of phenolic OH excluding ortho intramolecular Hbond substituents is 2. The fourth-order valence-corrected chi connectivity index (χ4v) is 12.2. The Morgan fingerprint density at radius 3 is 1.01 bits per heavy atom. The summed E-state index contributed by atoms with van der Waals surface area (Å²) < 4.78 is 140. The van der Waals surface area contributed by atoms with E-state index >= 15 is 0 Å². The molecule has 0 aliphatic rings. The van der Waals surface area contributed by atoms with Gasteiger partial charge in [-0.3, -0.25) is 48.1 Å². The summed E-state index contributed by atoms with van der Waals surface area (Å²) in [5.41, 5.74) is 3.62. The van der Waals surface area contributed by atoms with Crippen LogP contribution in [0.15, 0.2) is 149 Å². The number of aromatic nitrogens is 6. The highest BCUT2D eigenvalue weighted by Gasteiger charge is 2.29.